The molecule has 5 nitrogen and oxygen atoms in total. The van der Waals surface area contributed by atoms with Crippen molar-refractivity contribution in [3.8, 4) is 0 Å². The van der Waals surface area contributed by atoms with Crippen LogP contribution in [0.15, 0.2) is 21.6 Å². The van der Waals surface area contributed by atoms with Crippen molar-refractivity contribution in [1.82, 2.24) is 15.2 Å². The molecule has 0 radical (unpaired) electrons. The fourth-order valence-electron chi connectivity index (χ4n) is 0.830. The smallest absolute Gasteiger partial charge is 0.242 e. The highest BCUT2D eigenvalue weighted by molar-refractivity contribution is 9.10. The third-order valence-corrected chi connectivity index (χ3v) is 3.99. The van der Waals surface area contributed by atoms with Gasteiger partial charge in [-0.3, -0.25) is 0 Å². The van der Waals surface area contributed by atoms with Crippen LogP contribution in [0.1, 0.15) is 20.8 Å². The van der Waals surface area contributed by atoms with E-state index in [4.69, 9.17) is 11.6 Å². The molecule has 2 N–H and O–H groups in total. The Bertz CT molecular complexity index is 513. The molecule has 0 amide bonds. The van der Waals surface area contributed by atoms with Crippen LogP contribution in [0.5, 0.6) is 0 Å². The van der Waals surface area contributed by atoms with Gasteiger partial charge in [0.2, 0.25) is 0 Å². The second-order valence-electron chi connectivity index (χ2n) is 4.42. The number of hydrogen-bond acceptors (Lipinski definition) is 4. The SMILES string of the molecule is CC(C)(C)NNS(=O)(=O)c1cnc(Cl)c(Br)c1. The quantitative estimate of drug-likeness (QED) is 0.652. The Morgan fingerprint density at radius 2 is 2.00 bits per heavy atom. The predicted molar refractivity (Wildman–Crippen MR) is 70.2 cm³/mol. The van der Waals surface area contributed by atoms with E-state index in [-0.39, 0.29) is 15.6 Å². The minimum absolute atomic E-state index is 0.0329. The number of halogens is 2. The lowest BCUT2D eigenvalue weighted by molar-refractivity contribution is 0.402. The van der Waals surface area contributed by atoms with Gasteiger partial charge in [0.1, 0.15) is 10.0 Å². The van der Waals surface area contributed by atoms with Crippen LogP contribution in [0.4, 0.5) is 0 Å². The van der Waals surface area contributed by atoms with Crippen LogP contribution in [0.2, 0.25) is 5.15 Å². The zero-order chi connectivity index (χ0) is 13.3. The zero-order valence-corrected chi connectivity index (χ0v) is 12.7. The van der Waals surface area contributed by atoms with E-state index >= 15 is 0 Å². The summed E-state index contributed by atoms with van der Waals surface area (Å²) in [6.45, 7) is 5.52. The number of hydrogen-bond donors (Lipinski definition) is 2. The van der Waals surface area contributed by atoms with E-state index in [1.807, 2.05) is 20.8 Å². The van der Waals surface area contributed by atoms with Gasteiger partial charge in [0.15, 0.2) is 0 Å². The van der Waals surface area contributed by atoms with Gasteiger partial charge in [-0.25, -0.2) is 18.8 Å². The van der Waals surface area contributed by atoms with Gasteiger partial charge < -0.3 is 0 Å². The van der Waals surface area contributed by atoms with E-state index in [1.54, 1.807) is 0 Å². The Morgan fingerprint density at radius 1 is 1.41 bits per heavy atom. The molecular formula is C9H13BrClN3O2S. The average molecular weight is 343 g/mol. The molecule has 0 aliphatic rings. The number of aromatic nitrogens is 1. The molecule has 0 saturated carbocycles. The summed E-state index contributed by atoms with van der Waals surface area (Å²) in [6, 6.07) is 1.39. The van der Waals surface area contributed by atoms with E-state index in [0.717, 1.165) is 0 Å². The second-order valence-corrected chi connectivity index (χ2v) is 7.32. The monoisotopic (exact) mass is 341 g/mol. The minimum Gasteiger partial charge on any atom is -0.242 e. The Kier molecular flexibility index (Phi) is 4.54. The third kappa shape index (κ3) is 4.51. The highest BCUT2D eigenvalue weighted by Gasteiger charge is 2.19. The Morgan fingerprint density at radius 3 is 2.47 bits per heavy atom. The Hall–Kier alpha value is -0.210. The fourth-order valence-corrected chi connectivity index (χ4v) is 2.46. The topological polar surface area (TPSA) is 71.1 Å². The van der Waals surface area contributed by atoms with Crippen LogP contribution in [-0.4, -0.2) is 18.9 Å². The molecule has 17 heavy (non-hydrogen) atoms. The zero-order valence-electron chi connectivity index (χ0n) is 9.58. The molecule has 0 atom stereocenters. The molecule has 0 aliphatic heterocycles. The molecule has 1 rings (SSSR count). The van der Waals surface area contributed by atoms with Crippen molar-refractivity contribution in [2.75, 3.05) is 0 Å². The van der Waals surface area contributed by atoms with Crippen LogP contribution >= 0.6 is 27.5 Å². The lowest BCUT2D eigenvalue weighted by Gasteiger charge is -2.20. The maximum atomic E-state index is 11.9. The Labute approximate surface area is 114 Å². The summed E-state index contributed by atoms with van der Waals surface area (Å²) in [6.07, 6.45) is 1.19. The third-order valence-electron chi connectivity index (χ3n) is 1.64. The van der Waals surface area contributed by atoms with Crippen LogP contribution in [0.25, 0.3) is 0 Å². The number of sulfonamides is 1. The number of nitrogens with one attached hydrogen (secondary N) is 2. The van der Waals surface area contributed by atoms with E-state index in [2.05, 4.69) is 31.2 Å². The second kappa shape index (κ2) is 5.19. The molecule has 0 spiro atoms. The molecule has 0 fully saturated rings. The summed E-state index contributed by atoms with van der Waals surface area (Å²) in [5.41, 5.74) is 2.31. The summed E-state index contributed by atoms with van der Waals surface area (Å²) >= 11 is 8.81. The van der Waals surface area contributed by atoms with Crippen molar-refractivity contribution in [3.63, 3.8) is 0 Å². The maximum absolute atomic E-state index is 11.9. The van der Waals surface area contributed by atoms with E-state index < -0.39 is 10.0 Å². The molecule has 1 aromatic rings. The standard InChI is InChI=1S/C9H13BrClN3O2S/c1-9(2,3)13-14-17(15,16)6-4-7(10)8(11)12-5-6/h4-5,13-14H,1-3H3. The largest absolute Gasteiger partial charge is 0.254 e. The van der Waals surface area contributed by atoms with Gasteiger partial charge in [-0.15, -0.1) is 4.83 Å². The minimum atomic E-state index is -3.64. The molecule has 1 heterocycles. The molecule has 0 saturated heterocycles. The number of rotatable bonds is 3. The van der Waals surface area contributed by atoms with Gasteiger partial charge in [-0.1, -0.05) is 11.6 Å². The van der Waals surface area contributed by atoms with Crippen LogP contribution in [0.3, 0.4) is 0 Å². The van der Waals surface area contributed by atoms with Crippen molar-refractivity contribution in [2.45, 2.75) is 31.2 Å². The van der Waals surface area contributed by atoms with Crippen LogP contribution in [0, 0.1) is 0 Å². The van der Waals surface area contributed by atoms with Gasteiger partial charge in [0.05, 0.1) is 4.47 Å². The molecule has 0 unspecified atom stereocenters. The van der Waals surface area contributed by atoms with Gasteiger partial charge in [-0.2, -0.15) is 0 Å². The molecule has 0 aromatic carbocycles. The summed E-state index contributed by atoms with van der Waals surface area (Å²) in [5.74, 6) is 0. The van der Waals surface area contributed by atoms with Gasteiger partial charge >= 0.3 is 0 Å². The van der Waals surface area contributed by atoms with Crippen molar-refractivity contribution in [1.29, 1.82) is 0 Å². The summed E-state index contributed by atoms with van der Waals surface area (Å²) < 4.78 is 24.2. The molecule has 96 valence electrons. The van der Waals surface area contributed by atoms with Crippen molar-refractivity contribution < 1.29 is 8.42 Å². The van der Waals surface area contributed by atoms with Crippen LogP contribution < -0.4 is 10.3 Å². The molecule has 1 aromatic heterocycles. The van der Waals surface area contributed by atoms with Crippen molar-refractivity contribution >= 4 is 37.6 Å². The Balaban J connectivity index is 2.94. The van der Waals surface area contributed by atoms with E-state index in [9.17, 15) is 8.42 Å². The number of nitrogens with zero attached hydrogens (tertiary/aromatic N) is 1. The van der Waals surface area contributed by atoms with Gasteiger partial charge in [0.25, 0.3) is 10.0 Å². The highest BCUT2D eigenvalue weighted by Crippen LogP contribution is 2.22. The summed E-state index contributed by atoms with van der Waals surface area (Å²) in [4.78, 5) is 6.07. The van der Waals surface area contributed by atoms with Crippen molar-refractivity contribution in [3.05, 3.63) is 21.9 Å². The fraction of sp³-hybridized carbons (Fsp3) is 0.444. The van der Waals surface area contributed by atoms with Gasteiger partial charge in [-0.05, 0) is 42.8 Å². The normalized spacial score (nSPS) is 12.8. The lowest BCUT2D eigenvalue weighted by atomic mass is 10.1. The first-order chi connectivity index (χ1) is 7.62. The van der Waals surface area contributed by atoms with Crippen molar-refractivity contribution in [2.24, 2.45) is 0 Å². The number of pyridine rings is 1. The molecule has 0 aliphatic carbocycles. The maximum Gasteiger partial charge on any atom is 0.254 e. The number of hydrazine groups is 1. The molecule has 8 heteroatoms. The summed E-state index contributed by atoms with van der Waals surface area (Å²) in [5, 5.41) is 0.215. The first-order valence-corrected chi connectivity index (χ1v) is 7.37. The first kappa shape index (κ1) is 14.8. The van der Waals surface area contributed by atoms with Crippen LogP contribution in [-0.2, 0) is 10.0 Å². The first-order valence-electron chi connectivity index (χ1n) is 4.72. The summed E-state index contributed by atoms with van der Waals surface area (Å²) in [7, 11) is -3.64. The lowest BCUT2D eigenvalue weighted by Crippen LogP contribution is -2.48. The average Bonchev–Trinajstić information content (AvgIpc) is 2.18. The van der Waals surface area contributed by atoms with E-state index in [0.29, 0.717) is 4.47 Å². The van der Waals surface area contributed by atoms with E-state index in [1.165, 1.54) is 12.3 Å². The van der Waals surface area contributed by atoms with Gasteiger partial charge in [0, 0.05) is 11.7 Å². The molecule has 0 bridgehead atoms. The predicted octanol–water partition coefficient (Wildman–Crippen LogP) is 2.08. The highest BCUT2D eigenvalue weighted by atomic mass is 79.9. The molecular weight excluding hydrogens is 330 g/mol.